The quantitative estimate of drug-likeness (QED) is 0.863. The maximum absolute atomic E-state index is 11.9. The molecular formula is C15H15BrN2O3. The minimum atomic E-state index is -0.273. The van der Waals surface area contributed by atoms with Gasteiger partial charge < -0.3 is 15.0 Å². The predicted octanol–water partition coefficient (Wildman–Crippen LogP) is 1.78. The number of pyridine rings is 1. The van der Waals surface area contributed by atoms with Crippen LogP contribution in [0.1, 0.15) is 5.56 Å². The molecular weight excluding hydrogens is 336 g/mol. The topological polar surface area (TPSA) is 71.3 Å². The Bertz CT molecular complexity index is 680. The maximum Gasteiger partial charge on any atom is 0.251 e. The van der Waals surface area contributed by atoms with Crippen LogP contribution in [0.4, 0.5) is 5.69 Å². The lowest BCUT2D eigenvalue weighted by Crippen LogP contribution is -2.26. The number of hydrogen-bond donors (Lipinski definition) is 2. The van der Waals surface area contributed by atoms with Crippen LogP contribution in [0.3, 0.4) is 0 Å². The van der Waals surface area contributed by atoms with Crippen LogP contribution < -0.4 is 10.9 Å². The highest BCUT2D eigenvalue weighted by atomic mass is 79.9. The fraction of sp³-hybridized carbons (Fsp3) is 0.200. The van der Waals surface area contributed by atoms with Crippen molar-refractivity contribution in [2.45, 2.75) is 13.0 Å². The number of rotatable bonds is 5. The van der Waals surface area contributed by atoms with Gasteiger partial charge in [-0.2, -0.15) is 0 Å². The number of amides is 1. The van der Waals surface area contributed by atoms with Crippen LogP contribution in [0.5, 0.6) is 0 Å². The summed E-state index contributed by atoms with van der Waals surface area (Å²) in [6, 6.07) is 10.3. The van der Waals surface area contributed by atoms with E-state index in [1.807, 2.05) is 12.1 Å². The molecule has 0 aliphatic heterocycles. The average Bonchev–Trinajstić information content (AvgIpc) is 2.45. The highest BCUT2D eigenvalue weighted by Crippen LogP contribution is 2.10. The van der Waals surface area contributed by atoms with Gasteiger partial charge in [0, 0.05) is 29.0 Å². The number of carbonyl (C=O) groups is 1. The molecule has 0 unspecified atom stereocenters. The Morgan fingerprint density at radius 3 is 2.57 bits per heavy atom. The van der Waals surface area contributed by atoms with Crippen LogP contribution >= 0.6 is 15.9 Å². The maximum atomic E-state index is 11.9. The van der Waals surface area contributed by atoms with Crippen molar-refractivity contribution in [3.8, 4) is 0 Å². The molecule has 21 heavy (non-hydrogen) atoms. The molecule has 2 N–H and O–H groups in total. The SMILES string of the molecule is O=C(Cn1cc(Br)ccc1=O)Nc1ccc(CCO)cc1. The van der Waals surface area contributed by atoms with Crippen LogP contribution in [0.2, 0.25) is 0 Å². The molecule has 1 aromatic heterocycles. The Balaban J connectivity index is 2.01. The van der Waals surface area contributed by atoms with Crippen molar-refractivity contribution in [2.24, 2.45) is 0 Å². The van der Waals surface area contributed by atoms with Gasteiger partial charge in [-0.1, -0.05) is 12.1 Å². The Morgan fingerprint density at radius 1 is 1.19 bits per heavy atom. The lowest BCUT2D eigenvalue weighted by Gasteiger charge is -2.08. The first-order valence-electron chi connectivity index (χ1n) is 6.44. The van der Waals surface area contributed by atoms with E-state index in [4.69, 9.17) is 5.11 Å². The minimum absolute atomic E-state index is 0.0450. The van der Waals surface area contributed by atoms with E-state index in [1.165, 1.54) is 10.6 Å². The lowest BCUT2D eigenvalue weighted by molar-refractivity contribution is -0.116. The standard InChI is InChI=1S/C15H15BrN2O3/c16-12-3-6-15(21)18(9-12)10-14(20)17-13-4-1-11(2-5-13)7-8-19/h1-6,9,19H,7-8,10H2,(H,17,20). The number of halogens is 1. The molecule has 0 bridgehead atoms. The van der Waals surface area contributed by atoms with Crippen molar-refractivity contribution >= 4 is 27.5 Å². The summed E-state index contributed by atoms with van der Waals surface area (Å²) < 4.78 is 2.07. The van der Waals surface area contributed by atoms with Crippen LogP contribution in [0.15, 0.2) is 51.9 Å². The van der Waals surface area contributed by atoms with Gasteiger partial charge in [-0.25, -0.2) is 0 Å². The molecule has 0 aliphatic carbocycles. The number of carbonyl (C=O) groups excluding carboxylic acids is 1. The van der Waals surface area contributed by atoms with E-state index in [9.17, 15) is 9.59 Å². The largest absolute Gasteiger partial charge is 0.396 e. The Labute approximate surface area is 130 Å². The molecule has 2 rings (SSSR count). The second kappa shape index (κ2) is 7.19. The van der Waals surface area contributed by atoms with Gasteiger partial charge in [0.05, 0.1) is 0 Å². The summed E-state index contributed by atoms with van der Waals surface area (Å²) in [5, 5.41) is 11.6. The summed E-state index contributed by atoms with van der Waals surface area (Å²) in [6.45, 7) is 0.0498. The summed E-state index contributed by atoms with van der Waals surface area (Å²) in [5.74, 6) is -0.273. The highest BCUT2D eigenvalue weighted by molar-refractivity contribution is 9.10. The van der Waals surface area contributed by atoms with E-state index in [0.29, 0.717) is 12.1 Å². The molecule has 110 valence electrons. The van der Waals surface area contributed by atoms with Crippen LogP contribution in [0.25, 0.3) is 0 Å². The van der Waals surface area contributed by atoms with Crippen molar-refractivity contribution in [3.63, 3.8) is 0 Å². The number of aromatic nitrogens is 1. The van der Waals surface area contributed by atoms with Crippen molar-refractivity contribution in [1.82, 2.24) is 4.57 Å². The van der Waals surface area contributed by atoms with Gasteiger partial charge in [0.1, 0.15) is 6.54 Å². The number of nitrogens with zero attached hydrogens (tertiary/aromatic N) is 1. The molecule has 0 spiro atoms. The minimum Gasteiger partial charge on any atom is -0.396 e. The van der Waals surface area contributed by atoms with Gasteiger partial charge in [0.25, 0.3) is 5.56 Å². The molecule has 2 aromatic rings. The molecule has 5 nitrogen and oxygen atoms in total. The Kier molecular flexibility index (Phi) is 5.30. The van der Waals surface area contributed by atoms with Crippen LogP contribution in [-0.2, 0) is 17.8 Å². The van der Waals surface area contributed by atoms with Crippen molar-refractivity contribution in [3.05, 3.63) is 63.0 Å². The molecule has 6 heteroatoms. The van der Waals surface area contributed by atoms with Gasteiger partial charge in [-0.15, -0.1) is 0 Å². The van der Waals surface area contributed by atoms with Gasteiger partial charge >= 0.3 is 0 Å². The van der Waals surface area contributed by atoms with Crippen LogP contribution in [0, 0.1) is 0 Å². The second-order valence-corrected chi connectivity index (χ2v) is 5.45. The number of aliphatic hydroxyl groups is 1. The van der Waals surface area contributed by atoms with Crippen LogP contribution in [-0.4, -0.2) is 22.2 Å². The van der Waals surface area contributed by atoms with E-state index >= 15 is 0 Å². The van der Waals surface area contributed by atoms with E-state index in [1.54, 1.807) is 24.4 Å². The average molecular weight is 351 g/mol. The van der Waals surface area contributed by atoms with Gasteiger partial charge in [0.2, 0.25) is 5.91 Å². The molecule has 0 saturated carbocycles. The zero-order chi connectivity index (χ0) is 15.2. The van der Waals surface area contributed by atoms with Crippen molar-refractivity contribution < 1.29 is 9.90 Å². The molecule has 0 radical (unpaired) electrons. The first-order valence-corrected chi connectivity index (χ1v) is 7.23. The zero-order valence-corrected chi connectivity index (χ0v) is 12.8. The van der Waals surface area contributed by atoms with Crippen molar-refractivity contribution in [2.75, 3.05) is 11.9 Å². The third-order valence-corrected chi connectivity index (χ3v) is 3.37. The normalized spacial score (nSPS) is 10.4. The summed E-state index contributed by atoms with van der Waals surface area (Å²) >= 11 is 3.26. The molecule has 0 atom stereocenters. The second-order valence-electron chi connectivity index (χ2n) is 4.53. The van der Waals surface area contributed by atoms with Crippen molar-refractivity contribution in [1.29, 1.82) is 0 Å². The predicted molar refractivity (Wildman–Crippen MR) is 84.3 cm³/mol. The highest BCUT2D eigenvalue weighted by Gasteiger charge is 2.05. The molecule has 0 fully saturated rings. The van der Waals surface area contributed by atoms with E-state index in [2.05, 4.69) is 21.2 Å². The number of nitrogens with one attached hydrogen (secondary N) is 1. The Hall–Kier alpha value is -1.92. The number of benzene rings is 1. The van der Waals surface area contributed by atoms with Gasteiger partial charge in [0.15, 0.2) is 0 Å². The third kappa shape index (κ3) is 4.54. The first-order chi connectivity index (χ1) is 10.1. The molecule has 0 saturated heterocycles. The smallest absolute Gasteiger partial charge is 0.251 e. The molecule has 1 aromatic carbocycles. The molecule has 0 aliphatic rings. The molecule has 1 amide bonds. The van der Waals surface area contributed by atoms with E-state index < -0.39 is 0 Å². The molecule has 1 heterocycles. The van der Waals surface area contributed by atoms with E-state index in [0.717, 1.165) is 10.0 Å². The summed E-state index contributed by atoms with van der Waals surface area (Å²) in [4.78, 5) is 23.5. The number of aliphatic hydroxyl groups excluding tert-OH is 1. The fourth-order valence-corrected chi connectivity index (χ4v) is 2.24. The monoisotopic (exact) mass is 350 g/mol. The van der Waals surface area contributed by atoms with E-state index in [-0.39, 0.29) is 24.6 Å². The number of anilines is 1. The fourth-order valence-electron chi connectivity index (χ4n) is 1.86. The Morgan fingerprint density at radius 2 is 1.90 bits per heavy atom. The lowest BCUT2D eigenvalue weighted by atomic mass is 10.1. The first kappa shape index (κ1) is 15.5. The van der Waals surface area contributed by atoms with Gasteiger partial charge in [-0.3, -0.25) is 9.59 Å². The third-order valence-electron chi connectivity index (χ3n) is 2.90. The zero-order valence-electron chi connectivity index (χ0n) is 11.3. The summed E-state index contributed by atoms with van der Waals surface area (Å²) in [5.41, 5.74) is 1.43. The summed E-state index contributed by atoms with van der Waals surface area (Å²) in [6.07, 6.45) is 2.16. The number of hydrogen-bond acceptors (Lipinski definition) is 3. The summed E-state index contributed by atoms with van der Waals surface area (Å²) in [7, 11) is 0. The van der Waals surface area contributed by atoms with Gasteiger partial charge in [-0.05, 0) is 46.1 Å².